The van der Waals surface area contributed by atoms with Crippen molar-refractivity contribution in [1.82, 2.24) is 10.4 Å². The normalized spacial score (nSPS) is 21.1. The van der Waals surface area contributed by atoms with Gasteiger partial charge in [-0.05, 0) is 50.2 Å². The summed E-state index contributed by atoms with van der Waals surface area (Å²) in [7, 11) is 3.08. The molecule has 3 aromatic rings. The Hall–Kier alpha value is -4.17. The van der Waals surface area contributed by atoms with Crippen LogP contribution in [-0.2, 0) is 9.59 Å². The Bertz CT molecular complexity index is 1340. The van der Waals surface area contributed by atoms with Gasteiger partial charge >= 0.3 is 0 Å². The van der Waals surface area contributed by atoms with E-state index in [4.69, 9.17) is 9.47 Å². The number of ether oxygens (including phenoxy) is 2. The summed E-state index contributed by atoms with van der Waals surface area (Å²) < 4.78 is 10.9. The Balaban J connectivity index is 1.60. The third kappa shape index (κ3) is 3.79. The first-order chi connectivity index (χ1) is 17.3. The molecule has 0 radical (unpaired) electrons. The molecule has 2 aliphatic heterocycles. The average Bonchev–Trinajstić information content (AvgIpc) is 3.40. The number of hydrazine groups is 1. The zero-order valence-corrected chi connectivity index (χ0v) is 20.5. The summed E-state index contributed by atoms with van der Waals surface area (Å²) in [4.78, 5) is 42.3. The fourth-order valence-corrected chi connectivity index (χ4v) is 4.89. The number of fused-ring (bicyclic) bond motifs is 1. The molecule has 2 fully saturated rings. The number of nitrogens with one attached hydrogen (secondary N) is 1. The minimum atomic E-state index is -1.01. The SMILES string of the molecule is COc1ccc([C@@H]2NN(C(=O)c3ccc(C)cc3)[C@H]3C(=O)N(c4ccc(C)cc4)C(=O)[C@H]23)c(OC)c1. The van der Waals surface area contributed by atoms with Crippen LogP contribution in [0.25, 0.3) is 0 Å². The van der Waals surface area contributed by atoms with Gasteiger partial charge in [-0.2, -0.15) is 0 Å². The van der Waals surface area contributed by atoms with E-state index in [0.717, 1.165) is 11.1 Å². The van der Waals surface area contributed by atoms with Gasteiger partial charge in [0.15, 0.2) is 0 Å². The number of carbonyl (C=O) groups excluding carboxylic acids is 3. The number of amides is 3. The van der Waals surface area contributed by atoms with Gasteiger partial charge in [0.2, 0.25) is 5.91 Å². The molecule has 5 rings (SSSR count). The highest BCUT2D eigenvalue weighted by molar-refractivity contribution is 6.25. The van der Waals surface area contributed by atoms with Gasteiger partial charge in [-0.25, -0.2) is 10.3 Å². The van der Waals surface area contributed by atoms with E-state index in [0.29, 0.717) is 28.3 Å². The molecule has 0 saturated carbocycles. The Morgan fingerprint density at radius 2 is 1.47 bits per heavy atom. The predicted octanol–water partition coefficient (Wildman–Crippen LogP) is 3.58. The first kappa shape index (κ1) is 23.6. The summed E-state index contributed by atoms with van der Waals surface area (Å²) in [5.74, 6) is -0.959. The second kappa shape index (κ2) is 9.13. The van der Waals surface area contributed by atoms with Crippen LogP contribution < -0.4 is 19.8 Å². The summed E-state index contributed by atoms with van der Waals surface area (Å²) in [5, 5.41) is 1.30. The van der Waals surface area contributed by atoms with Crippen molar-refractivity contribution in [2.75, 3.05) is 19.1 Å². The summed E-state index contributed by atoms with van der Waals surface area (Å²) in [6.07, 6.45) is 0. The van der Waals surface area contributed by atoms with E-state index in [1.54, 1.807) is 49.6 Å². The van der Waals surface area contributed by atoms with Crippen LogP contribution in [0.2, 0.25) is 0 Å². The topological polar surface area (TPSA) is 88.2 Å². The number of hydrogen-bond acceptors (Lipinski definition) is 6. The summed E-state index contributed by atoms with van der Waals surface area (Å²) in [5.41, 5.74) is 6.74. The maximum atomic E-state index is 13.8. The highest BCUT2D eigenvalue weighted by atomic mass is 16.5. The number of rotatable bonds is 5. The highest BCUT2D eigenvalue weighted by Gasteiger charge is 2.60. The lowest BCUT2D eigenvalue weighted by molar-refractivity contribution is -0.123. The molecule has 8 nitrogen and oxygen atoms in total. The second-order valence-corrected chi connectivity index (χ2v) is 9.07. The Morgan fingerprint density at radius 3 is 2.08 bits per heavy atom. The van der Waals surface area contributed by atoms with E-state index in [9.17, 15) is 14.4 Å². The highest BCUT2D eigenvalue weighted by Crippen LogP contribution is 2.45. The first-order valence-corrected chi connectivity index (χ1v) is 11.7. The number of imide groups is 1. The van der Waals surface area contributed by atoms with Gasteiger partial charge in [0.05, 0.1) is 31.9 Å². The van der Waals surface area contributed by atoms with E-state index in [1.807, 2.05) is 38.1 Å². The maximum Gasteiger partial charge on any atom is 0.268 e. The van der Waals surface area contributed by atoms with Crippen molar-refractivity contribution < 1.29 is 23.9 Å². The zero-order chi connectivity index (χ0) is 25.6. The predicted molar refractivity (Wildman–Crippen MR) is 134 cm³/mol. The maximum absolute atomic E-state index is 13.8. The van der Waals surface area contributed by atoms with Gasteiger partial charge in [-0.3, -0.25) is 19.4 Å². The van der Waals surface area contributed by atoms with Gasteiger partial charge in [0.25, 0.3) is 11.8 Å². The number of carbonyl (C=O) groups is 3. The molecular formula is C28H27N3O5. The molecule has 3 aromatic carbocycles. The lowest BCUT2D eigenvalue weighted by Gasteiger charge is -2.26. The van der Waals surface area contributed by atoms with Crippen molar-refractivity contribution in [1.29, 1.82) is 0 Å². The minimum absolute atomic E-state index is 0.372. The zero-order valence-electron chi connectivity index (χ0n) is 20.5. The molecule has 1 N–H and O–H groups in total. The van der Waals surface area contributed by atoms with Gasteiger partial charge in [-0.15, -0.1) is 0 Å². The van der Waals surface area contributed by atoms with Crippen molar-refractivity contribution in [2.45, 2.75) is 25.9 Å². The molecular weight excluding hydrogens is 458 g/mol. The van der Waals surface area contributed by atoms with Crippen molar-refractivity contribution in [3.63, 3.8) is 0 Å². The molecule has 3 amide bonds. The number of aryl methyl sites for hydroxylation is 2. The van der Waals surface area contributed by atoms with Crippen molar-refractivity contribution >= 4 is 23.4 Å². The number of methoxy groups -OCH3 is 2. The standard InChI is InChI=1S/C28H27N3O5/c1-16-5-9-18(10-6-16)26(32)31-25-23(24(29-31)21-14-13-20(35-3)15-22(21)36-4)27(33)30(28(25)34)19-11-7-17(2)8-12-19/h5-15,23-25,29H,1-4H3/t23-,24+,25-/m1/s1. The van der Waals surface area contributed by atoms with E-state index in [2.05, 4.69) is 5.43 Å². The quantitative estimate of drug-likeness (QED) is 0.556. The van der Waals surface area contributed by atoms with Crippen LogP contribution in [0.4, 0.5) is 5.69 Å². The molecule has 8 heteroatoms. The Morgan fingerprint density at radius 1 is 0.833 bits per heavy atom. The third-order valence-corrected chi connectivity index (χ3v) is 6.82. The van der Waals surface area contributed by atoms with Gasteiger partial charge in [-0.1, -0.05) is 35.4 Å². The second-order valence-electron chi connectivity index (χ2n) is 9.07. The van der Waals surface area contributed by atoms with E-state index >= 15 is 0 Å². The fourth-order valence-electron chi connectivity index (χ4n) is 4.89. The Kier molecular flexibility index (Phi) is 5.97. The first-order valence-electron chi connectivity index (χ1n) is 11.7. The van der Waals surface area contributed by atoms with Crippen LogP contribution in [0.3, 0.4) is 0 Å². The molecule has 36 heavy (non-hydrogen) atoms. The molecule has 0 bridgehead atoms. The largest absolute Gasteiger partial charge is 0.497 e. The summed E-state index contributed by atoms with van der Waals surface area (Å²) in [6.45, 7) is 3.87. The van der Waals surface area contributed by atoms with Crippen LogP contribution in [0.1, 0.15) is 33.1 Å². The van der Waals surface area contributed by atoms with E-state index in [1.165, 1.54) is 17.0 Å². The van der Waals surface area contributed by atoms with Crippen LogP contribution in [0.15, 0.2) is 66.7 Å². The van der Waals surface area contributed by atoms with Crippen molar-refractivity contribution in [2.24, 2.45) is 5.92 Å². The molecule has 0 aliphatic carbocycles. The van der Waals surface area contributed by atoms with Crippen molar-refractivity contribution in [3.8, 4) is 11.5 Å². The van der Waals surface area contributed by atoms with E-state index < -0.39 is 23.9 Å². The minimum Gasteiger partial charge on any atom is -0.497 e. The molecule has 3 atom stereocenters. The van der Waals surface area contributed by atoms with E-state index in [-0.39, 0.29) is 11.8 Å². The summed E-state index contributed by atoms with van der Waals surface area (Å²) >= 11 is 0. The Labute approximate surface area is 209 Å². The molecule has 2 aliphatic rings. The lowest BCUT2D eigenvalue weighted by Crippen LogP contribution is -2.48. The van der Waals surface area contributed by atoms with Gasteiger partial charge in [0.1, 0.15) is 17.5 Å². The van der Waals surface area contributed by atoms with Crippen molar-refractivity contribution in [3.05, 3.63) is 89.0 Å². The van der Waals surface area contributed by atoms with Gasteiger partial charge < -0.3 is 9.47 Å². The number of hydrogen-bond donors (Lipinski definition) is 1. The molecule has 184 valence electrons. The third-order valence-electron chi connectivity index (χ3n) is 6.82. The average molecular weight is 486 g/mol. The van der Waals surface area contributed by atoms with Gasteiger partial charge in [0, 0.05) is 17.2 Å². The molecule has 2 heterocycles. The molecule has 0 spiro atoms. The number of nitrogens with zero attached hydrogens (tertiary/aromatic N) is 2. The smallest absolute Gasteiger partial charge is 0.268 e. The molecule has 0 aromatic heterocycles. The fraction of sp³-hybridized carbons (Fsp3) is 0.250. The van der Waals surface area contributed by atoms with Crippen LogP contribution in [0.5, 0.6) is 11.5 Å². The summed E-state index contributed by atoms with van der Waals surface area (Å²) in [6, 6.07) is 17.9. The monoisotopic (exact) mass is 485 g/mol. The lowest BCUT2D eigenvalue weighted by atomic mass is 9.90. The van der Waals surface area contributed by atoms with Crippen LogP contribution in [-0.4, -0.2) is 43.0 Å². The molecule has 0 unspecified atom stereocenters. The van der Waals surface area contributed by atoms with Crippen LogP contribution >= 0.6 is 0 Å². The van der Waals surface area contributed by atoms with Crippen LogP contribution in [0, 0.1) is 19.8 Å². The molecule has 2 saturated heterocycles. The number of anilines is 1. The number of benzene rings is 3.